The molecule has 3 aromatic rings. The minimum Gasteiger partial charge on any atom is -0.463 e. The normalized spacial score (nSPS) is 11.5. The molecular formula is C17H17BrN4O2. The molecule has 0 saturated carbocycles. The Morgan fingerprint density at radius 3 is 3.00 bits per heavy atom. The van der Waals surface area contributed by atoms with Crippen LogP contribution in [0.5, 0.6) is 0 Å². The van der Waals surface area contributed by atoms with Gasteiger partial charge in [-0.3, -0.25) is 9.25 Å². The molecule has 0 saturated heterocycles. The molecule has 0 aliphatic heterocycles. The first-order valence-corrected chi connectivity index (χ1v) is 8.32. The highest BCUT2D eigenvalue weighted by Crippen LogP contribution is 2.25. The van der Waals surface area contributed by atoms with Crippen LogP contribution in [0.25, 0.3) is 22.9 Å². The molecule has 7 heteroatoms. The number of nitrogens with zero attached hydrogens (tertiary/aromatic N) is 4. The average Bonchev–Trinajstić information content (AvgIpc) is 3.05. The van der Waals surface area contributed by atoms with Crippen LogP contribution in [0.2, 0.25) is 0 Å². The SMILES string of the molecule is CCOC(=O)/C=C/c1c(C)nn(C)c1-n1ccc2cc(Br)cnc21. The van der Waals surface area contributed by atoms with Gasteiger partial charge in [0, 0.05) is 40.9 Å². The Kier molecular flexibility index (Phi) is 4.53. The predicted octanol–water partition coefficient (Wildman–Crippen LogP) is 3.41. The van der Waals surface area contributed by atoms with Crippen molar-refractivity contribution in [2.45, 2.75) is 13.8 Å². The molecule has 0 aliphatic rings. The van der Waals surface area contributed by atoms with Crippen LogP contribution in [0.15, 0.2) is 35.1 Å². The highest BCUT2D eigenvalue weighted by molar-refractivity contribution is 9.10. The van der Waals surface area contributed by atoms with Gasteiger partial charge in [0.05, 0.1) is 12.3 Å². The summed E-state index contributed by atoms with van der Waals surface area (Å²) in [5.74, 6) is 0.476. The molecule has 0 amide bonds. The second kappa shape index (κ2) is 6.60. The molecule has 0 unspecified atom stereocenters. The molecule has 0 spiro atoms. The number of hydrogen-bond donors (Lipinski definition) is 0. The zero-order chi connectivity index (χ0) is 17.3. The standard InChI is InChI=1S/C17H17BrN4O2/c1-4-24-15(23)6-5-14-11(2)20-21(3)17(14)22-8-7-12-9-13(18)10-19-16(12)22/h5-10H,4H2,1-3H3/b6-5+. The Balaban J connectivity index is 2.12. The van der Waals surface area contributed by atoms with Crippen molar-refractivity contribution in [2.75, 3.05) is 6.61 Å². The van der Waals surface area contributed by atoms with Gasteiger partial charge in [-0.1, -0.05) is 0 Å². The third kappa shape index (κ3) is 2.99. The zero-order valence-electron chi connectivity index (χ0n) is 13.7. The summed E-state index contributed by atoms with van der Waals surface area (Å²) in [5.41, 5.74) is 2.51. The fraction of sp³-hybridized carbons (Fsp3) is 0.235. The lowest BCUT2D eigenvalue weighted by Gasteiger charge is -2.07. The molecule has 0 aromatic carbocycles. The van der Waals surface area contributed by atoms with Gasteiger partial charge in [-0.15, -0.1) is 0 Å². The Morgan fingerprint density at radius 2 is 2.25 bits per heavy atom. The minimum absolute atomic E-state index is 0.350. The minimum atomic E-state index is -0.369. The molecule has 24 heavy (non-hydrogen) atoms. The maximum atomic E-state index is 11.6. The lowest BCUT2D eigenvalue weighted by atomic mass is 10.2. The Labute approximate surface area is 147 Å². The van der Waals surface area contributed by atoms with Crippen molar-refractivity contribution >= 4 is 39.0 Å². The maximum Gasteiger partial charge on any atom is 0.330 e. The topological polar surface area (TPSA) is 61.9 Å². The first-order chi connectivity index (χ1) is 11.5. The summed E-state index contributed by atoms with van der Waals surface area (Å²) < 4.78 is 9.62. The monoisotopic (exact) mass is 388 g/mol. The van der Waals surface area contributed by atoms with Crippen molar-refractivity contribution in [3.63, 3.8) is 0 Å². The smallest absolute Gasteiger partial charge is 0.330 e. The maximum absolute atomic E-state index is 11.6. The number of rotatable bonds is 4. The molecule has 3 aromatic heterocycles. The van der Waals surface area contributed by atoms with Crippen molar-refractivity contribution in [3.05, 3.63) is 46.3 Å². The van der Waals surface area contributed by atoms with Gasteiger partial charge in [0.15, 0.2) is 0 Å². The summed E-state index contributed by atoms with van der Waals surface area (Å²) in [7, 11) is 1.87. The third-order valence-corrected chi connectivity index (χ3v) is 4.06. The Hall–Kier alpha value is -2.41. The molecule has 3 rings (SSSR count). The first-order valence-electron chi connectivity index (χ1n) is 7.52. The summed E-state index contributed by atoms with van der Waals surface area (Å²) in [4.78, 5) is 16.1. The highest BCUT2D eigenvalue weighted by Gasteiger charge is 2.16. The van der Waals surface area contributed by atoms with E-state index in [0.717, 1.165) is 32.6 Å². The number of fused-ring (bicyclic) bond motifs is 1. The number of carbonyl (C=O) groups excluding carboxylic acids is 1. The summed E-state index contributed by atoms with van der Waals surface area (Å²) in [6.45, 7) is 4.04. The quantitative estimate of drug-likeness (QED) is 0.507. The van der Waals surface area contributed by atoms with E-state index in [9.17, 15) is 4.79 Å². The molecule has 0 radical (unpaired) electrons. The van der Waals surface area contributed by atoms with E-state index in [4.69, 9.17) is 4.74 Å². The second-order valence-corrected chi connectivity index (χ2v) is 6.20. The van der Waals surface area contributed by atoms with Crippen LogP contribution in [0.1, 0.15) is 18.2 Å². The van der Waals surface area contributed by atoms with Crippen molar-refractivity contribution in [2.24, 2.45) is 7.05 Å². The van der Waals surface area contributed by atoms with E-state index in [1.807, 2.05) is 36.9 Å². The number of aromatic nitrogens is 4. The summed E-state index contributed by atoms with van der Waals surface area (Å²) in [6, 6.07) is 4.00. The van der Waals surface area contributed by atoms with Crippen LogP contribution in [-0.4, -0.2) is 31.9 Å². The van der Waals surface area contributed by atoms with Crippen LogP contribution in [0.4, 0.5) is 0 Å². The number of esters is 1. The number of pyridine rings is 1. The summed E-state index contributed by atoms with van der Waals surface area (Å²) in [6.07, 6.45) is 6.87. The zero-order valence-corrected chi connectivity index (χ0v) is 15.2. The van der Waals surface area contributed by atoms with E-state index in [-0.39, 0.29) is 5.97 Å². The van der Waals surface area contributed by atoms with Crippen LogP contribution in [0.3, 0.4) is 0 Å². The van der Waals surface area contributed by atoms with Gasteiger partial charge in [0.2, 0.25) is 0 Å². The number of halogens is 1. The van der Waals surface area contributed by atoms with Crippen molar-refractivity contribution < 1.29 is 9.53 Å². The van der Waals surface area contributed by atoms with Gasteiger partial charge >= 0.3 is 5.97 Å². The number of ether oxygens (including phenoxy) is 1. The Morgan fingerprint density at radius 1 is 1.46 bits per heavy atom. The van der Waals surface area contributed by atoms with E-state index in [0.29, 0.717) is 6.61 Å². The van der Waals surface area contributed by atoms with Gasteiger partial charge in [-0.2, -0.15) is 5.10 Å². The van der Waals surface area contributed by atoms with Gasteiger partial charge in [0.25, 0.3) is 0 Å². The van der Waals surface area contributed by atoms with E-state index in [1.165, 1.54) is 6.08 Å². The van der Waals surface area contributed by atoms with E-state index < -0.39 is 0 Å². The predicted molar refractivity (Wildman–Crippen MR) is 95.9 cm³/mol. The molecule has 0 N–H and O–H groups in total. The van der Waals surface area contributed by atoms with Gasteiger partial charge in [-0.05, 0) is 48.0 Å². The van der Waals surface area contributed by atoms with Crippen molar-refractivity contribution in [1.29, 1.82) is 0 Å². The molecule has 0 aliphatic carbocycles. The van der Waals surface area contributed by atoms with E-state index >= 15 is 0 Å². The molecule has 0 atom stereocenters. The summed E-state index contributed by atoms with van der Waals surface area (Å²) >= 11 is 3.43. The first kappa shape index (κ1) is 16.4. The van der Waals surface area contributed by atoms with E-state index in [1.54, 1.807) is 23.9 Å². The molecule has 124 valence electrons. The van der Waals surface area contributed by atoms with E-state index in [2.05, 4.69) is 26.0 Å². The van der Waals surface area contributed by atoms with Crippen LogP contribution in [-0.2, 0) is 16.6 Å². The lowest BCUT2D eigenvalue weighted by Crippen LogP contribution is -2.04. The number of hydrogen-bond acceptors (Lipinski definition) is 4. The molecule has 0 bridgehead atoms. The van der Waals surface area contributed by atoms with Gasteiger partial charge < -0.3 is 4.74 Å². The van der Waals surface area contributed by atoms with Gasteiger partial charge in [0.1, 0.15) is 11.5 Å². The number of carbonyl (C=O) groups is 1. The molecule has 6 nitrogen and oxygen atoms in total. The fourth-order valence-electron chi connectivity index (χ4n) is 2.65. The Bertz CT molecular complexity index is 940. The fourth-order valence-corrected chi connectivity index (χ4v) is 3.00. The largest absolute Gasteiger partial charge is 0.463 e. The van der Waals surface area contributed by atoms with Crippen molar-refractivity contribution in [3.8, 4) is 5.82 Å². The second-order valence-electron chi connectivity index (χ2n) is 5.28. The number of aryl methyl sites for hydroxylation is 2. The molecule has 0 fully saturated rings. The van der Waals surface area contributed by atoms with Crippen LogP contribution < -0.4 is 0 Å². The molecule has 3 heterocycles. The molecular weight excluding hydrogens is 372 g/mol. The third-order valence-electron chi connectivity index (χ3n) is 3.63. The lowest BCUT2D eigenvalue weighted by molar-refractivity contribution is -0.137. The van der Waals surface area contributed by atoms with Crippen LogP contribution in [0, 0.1) is 6.92 Å². The van der Waals surface area contributed by atoms with Crippen molar-refractivity contribution in [1.82, 2.24) is 19.3 Å². The average molecular weight is 389 g/mol. The van der Waals surface area contributed by atoms with Crippen LogP contribution >= 0.6 is 15.9 Å². The van der Waals surface area contributed by atoms with Gasteiger partial charge in [-0.25, -0.2) is 9.78 Å². The highest BCUT2D eigenvalue weighted by atomic mass is 79.9. The summed E-state index contributed by atoms with van der Waals surface area (Å²) in [5, 5.41) is 5.49.